The highest BCUT2D eigenvalue weighted by Crippen LogP contribution is 2.29. The lowest BCUT2D eigenvalue weighted by atomic mass is 10.1. The number of halogens is 1. The van der Waals surface area contributed by atoms with Gasteiger partial charge in [-0.3, -0.25) is 9.59 Å². The van der Waals surface area contributed by atoms with Crippen LogP contribution in [-0.4, -0.2) is 52.8 Å². The molecular weight excluding hydrogens is 530 g/mol. The molecule has 1 N–H and O–H groups in total. The second kappa shape index (κ2) is 11.2. The van der Waals surface area contributed by atoms with Gasteiger partial charge in [0.2, 0.25) is 5.91 Å². The van der Waals surface area contributed by atoms with Crippen LogP contribution in [-0.2, 0) is 17.8 Å². The van der Waals surface area contributed by atoms with Gasteiger partial charge < -0.3 is 19.5 Å². The van der Waals surface area contributed by atoms with Gasteiger partial charge in [-0.25, -0.2) is 0 Å². The molecule has 1 saturated carbocycles. The third kappa shape index (κ3) is 6.05. The Morgan fingerprint density at radius 1 is 1.03 bits per heavy atom. The Kier molecular flexibility index (Phi) is 7.60. The number of H-pyrrole nitrogens is 1. The Morgan fingerprint density at radius 2 is 1.81 bits per heavy atom. The lowest BCUT2D eigenvalue weighted by Gasteiger charge is -2.28. The largest absolute Gasteiger partial charge is 0.497 e. The molecule has 5 rings (SSSR count). The predicted molar refractivity (Wildman–Crippen MR) is 149 cm³/mol. The zero-order chi connectivity index (χ0) is 25.8. The summed E-state index contributed by atoms with van der Waals surface area (Å²) in [5.74, 6) is 0.629. The monoisotopic (exact) mass is 559 g/mol. The van der Waals surface area contributed by atoms with E-state index in [1.165, 1.54) is 10.9 Å². The van der Waals surface area contributed by atoms with E-state index in [-0.39, 0.29) is 24.4 Å². The molecule has 0 atom stereocenters. The number of fused-ring (bicyclic) bond motifs is 1. The summed E-state index contributed by atoms with van der Waals surface area (Å²) in [6.45, 7) is 1.09. The van der Waals surface area contributed by atoms with Crippen LogP contribution in [0, 0.1) is 0 Å². The van der Waals surface area contributed by atoms with Crippen LogP contribution in [0.4, 0.5) is 0 Å². The summed E-state index contributed by atoms with van der Waals surface area (Å²) in [5, 5.41) is 1.17. The van der Waals surface area contributed by atoms with Gasteiger partial charge in [-0.15, -0.1) is 0 Å². The number of aromatic nitrogens is 1. The quantitative estimate of drug-likeness (QED) is 0.266. The third-order valence-electron chi connectivity index (χ3n) is 6.84. The van der Waals surface area contributed by atoms with Gasteiger partial charge in [0.1, 0.15) is 12.3 Å². The molecule has 7 heteroatoms. The Bertz CT molecular complexity index is 1390. The number of carbonyl (C=O) groups is 2. The predicted octanol–water partition coefficient (Wildman–Crippen LogP) is 5.82. The molecule has 4 aromatic rings. The van der Waals surface area contributed by atoms with Gasteiger partial charge in [0, 0.05) is 46.3 Å². The van der Waals surface area contributed by atoms with E-state index < -0.39 is 0 Å². The van der Waals surface area contributed by atoms with E-state index in [0.717, 1.165) is 40.6 Å². The Hall–Kier alpha value is -3.58. The fraction of sp³-hybridized carbons (Fsp3) is 0.267. The third-order valence-corrected chi connectivity index (χ3v) is 7.33. The molecule has 1 aliphatic carbocycles. The number of ether oxygens (including phenoxy) is 1. The van der Waals surface area contributed by atoms with Crippen molar-refractivity contribution in [1.82, 2.24) is 14.8 Å². The summed E-state index contributed by atoms with van der Waals surface area (Å²) >= 11 is 3.45. The lowest BCUT2D eigenvalue weighted by Crippen LogP contribution is -2.44. The second-order valence-electron chi connectivity index (χ2n) is 9.45. The second-order valence-corrected chi connectivity index (χ2v) is 10.4. The van der Waals surface area contributed by atoms with Crippen LogP contribution >= 0.6 is 15.9 Å². The number of carbonyl (C=O) groups excluding carboxylic acids is 2. The normalized spacial score (nSPS) is 12.9. The number of benzene rings is 3. The number of hydrogen-bond acceptors (Lipinski definition) is 3. The molecule has 2 amide bonds. The lowest BCUT2D eigenvalue weighted by molar-refractivity contribution is -0.132. The van der Waals surface area contributed by atoms with Gasteiger partial charge in [-0.2, -0.15) is 0 Å². The van der Waals surface area contributed by atoms with E-state index in [2.05, 4.69) is 33.0 Å². The van der Waals surface area contributed by atoms with Crippen molar-refractivity contribution >= 4 is 38.6 Å². The summed E-state index contributed by atoms with van der Waals surface area (Å²) in [5.41, 5.74) is 3.87. The summed E-state index contributed by atoms with van der Waals surface area (Å²) < 4.78 is 6.14. The van der Waals surface area contributed by atoms with Crippen LogP contribution < -0.4 is 4.74 Å². The maximum Gasteiger partial charge on any atom is 0.254 e. The molecular formula is C30H30BrN3O3. The summed E-state index contributed by atoms with van der Waals surface area (Å²) in [6, 6.07) is 23.5. The number of para-hydroxylation sites is 1. The van der Waals surface area contributed by atoms with E-state index in [1.54, 1.807) is 18.1 Å². The Labute approximate surface area is 225 Å². The van der Waals surface area contributed by atoms with Crippen molar-refractivity contribution in [2.24, 2.45) is 0 Å². The maximum atomic E-state index is 13.7. The first kappa shape index (κ1) is 25.1. The molecule has 0 aliphatic heterocycles. The highest BCUT2D eigenvalue weighted by molar-refractivity contribution is 9.10. The van der Waals surface area contributed by atoms with Gasteiger partial charge in [-0.05, 0) is 66.8 Å². The van der Waals surface area contributed by atoms with Crippen LogP contribution in [0.5, 0.6) is 5.75 Å². The SMILES string of the molecule is COc1ccc(CN(CCc2c[nH]c3ccccc23)C(=O)CN(C(=O)c2cccc(Br)c2)C2CC2)cc1. The van der Waals surface area contributed by atoms with Crippen LogP contribution in [0.1, 0.15) is 34.3 Å². The van der Waals surface area contributed by atoms with E-state index >= 15 is 0 Å². The first-order chi connectivity index (χ1) is 18.0. The molecule has 0 radical (unpaired) electrons. The van der Waals surface area contributed by atoms with Gasteiger partial charge in [0.15, 0.2) is 0 Å². The molecule has 6 nitrogen and oxygen atoms in total. The first-order valence-corrected chi connectivity index (χ1v) is 13.3. The van der Waals surface area contributed by atoms with Crippen LogP contribution in [0.25, 0.3) is 10.9 Å². The summed E-state index contributed by atoms with van der Waals surface area (Å²) in [7, 11) is 1.64. The zero-order valence-electron chi connectivity index (χ0n) is 20.8. The number of methoxy groups -OCH3 is 1. The molecule has 190 valence electrons. The van der Waals surface area contributed by atoms with Gasteiger partial charge in [0.05, 0.1) is 7.11 Å². The van der Waals surface area contributed by atoms with Crippen molar-refractivity contribution in [2.75, 3.05) is 20.2 Å². The minimum absolute atomic E-state index is 0.0501. The molecule has 1 aromatic heterocycles. The molecule has 1 heterocycles. The molecule has 0 spiro atoms. The molecule has 37 heavy (non-hydrogen) atoms. The maximum absolute atomic E-state index is 13.7. The number of nitrogens with one attached hydrogen (secondary N) is 1. The fourth-order valence-corrected chi connectivity index (χ4v) is 5.02. The van der Waals surface area contributed by atoms with E-state index in [0.29, 0.717) is 18.7 Å². The van der Waals surface area contributed by atoms with E-state index in [4.69, 9.17) is 4.74 Å². The summed E-state index contributed by atoms with van der Waals surface area (Å²) in [4.78, 5) is 34.0. The number of rotatable bonds is 10. The average Bonchev–Trinajstić information content (AvgIpc) is 3.69. The molecule has 1 aliphatic rings. The highest BCUT2D eigenvalue weighted by atomic mass is 79.9. The van der Waals surface area contributed by atoms with E-state index in [1.807, 2.05) is 65.7 Å². The van der Waals surface area contributed by atoms with Crippen molar-refractivity contribution in [3.05, 3.63) is 100 Å². The highest BCUT2D eigenvalue weighted by Gasteiger charge is 2.35. The number of amides is 2. The number of aromatic amines is 1. The standard InChI is InChI=1S/C30H30BrN3O3/c1-37-26-13-9-21(10-14-26)19-33(16-15-23-18-32-28-8-3-2-7-27(23)28)29(35)20-34(25-11-12-25)30(36)22-5-4-6-24(31)17-22/h2-10,13-14,17-18,25,32H,11-12,15-16,19-20H2,1H3. The molecule has 1 fully saturated rings. The molecule has 0 unspecified atom stereocenters. The van der Waals surface area contributed by atoms with Crippen molar-refractivity contribution in [3.8, 4) is 5.75 Å². The molecule has 3 aromatic carbocycles. The minimum atomic E-state index is -0.0989. The van der Waals surface area contributed by atoms with Crippen molar-refractivity contribution in [2.45, 2.75) is 31.8 Å². The van der Waals surface area contributed by atoms with Crippen LogP contribution in [0.15, 0.2) is 83.5 Å². The first-order valence-electron chi connectivity index (χ1n) is 12.5. The fourth-order valence-electron chi connectivity index (χ4n) is 4.62. The van der Waals surface area contributed by atoms with Crippen molar-refractivity contribution in [3.63, 3.8) is 0 Å². The van der Waals surface area contributed by atoms with Gasteiger partial charge in [0.25, 0.3) is 5.91 Å². The Morgan fingerprint density at radius 3 is 2.54 bits per heavy atom. The molecule has 0 bridgehead atoms. The number of nitrogens with zero attached hydrogens (tertiary/aromatic N) is 2. The summed E-state index contributed by atoms with van der Waals surface area (Å²) in [6.07, 6.45) is 4.60. The van der Waals surface area contributed by atoms with Crippen LogP contribution in [0.3, 0.4) is 0 Å². The smallest absolute Gasteiger partial charge is 0.254 e. The van der Waals surface area contributed by atoms with Crippen LogP contribution in [0.2, 0.25) is 0 Å². The Balaban J connectivity index is 1.35. The minimum Gasteiger partial charge on any atom is -0.497 e. The van der Waals surface area contributed by atoms with Gasteiger partial charge >= 0.3 is 0 Å². The van der Waals surface area contributed by atoms with E-state index in [9.17, 15) is 9.59 Å². The number of hydrogen-bond donors (Lipinski definition) is 1. The average molecular weight is 560 g/mol. The zero-order valence-corrected chi connectivity index (χ0v) is 22.4. The molecule has 0 saturated heterocycles. The topological polar surface area (TPSA) is 65.6 Å². The van der Waals surface area contributed by atoms with Crippen molar-refractivity contribution < 1.29 is 14.3 Å². The van der Waals surface area contributed by atoms with Gasteiger partial charge in [-0.1, -0.05) is 52.3 Å². The van der Waals surface area contributed by atoms with Crippen molar-refractivity contribution in [1.29, 1.82) is 0 Å².